The van der Waals surface area contributed by atoms with Gasteiger partial charge in [0.25, 0.3) is 5.91 Å². The third kappa shape index (κ3) is 3.40. The first-order chi connectivity index (χ1) is 10.6. The second-order valence-corrected chi connectivity index (χ2v) is 6.07. The number of hydrogen-bond donors (Lipinski definition) is 1. The van der Waals surface area contributed by atoms with E-state index in [0.717, 1.165) is 10.7 Å². The molecule has 0 bridgehead atoms. The van der Waals surface area contributed by atoms with Crippen molar-refractivity contribution in [1.82, 2.24) is 14.7 Å². The van der Waals surface area contributed by atoms with Gasteiger partial charge in [-0.1, -0.05) is 17.7 Å². The Balaban J connectivity index is 1.55. The normalized spacial score (nSPS) is 12.3. The summed E-state index contributed by atoms with van der Waals surface area (Å²) in [6, 6.07) is 6.97. The molecule has 0 saturated heterocycles. The van der Waals surface area contributed by atoms with Gasteiger partial charge in [0.2, 0.25) is 0 Å². The van der Waals surface area contributed by atoms with Gasteiger partial charge in [0.05, 0.1) is 12.2 Å². The zero-order chi connectivity index (χ0) is 15.5. The molecule has 1 unspecified atom stereocenters. The van der Waals surface area contributed by atoms with E-state index in [2.05, 4.69) is 10.3 Å². The highest BCUT2D eigenvalue weighted by molar-refractivity contribution is 7.15. The molecule has 0 aliphatic carbocycles. The van der Waals surface area contributed by atoms with Gasteiger partial charge in [0, 0.05) is 22.8 Å². The van der Waals surface area contributed by atoms with Crippen LogP contribution in [0.5, 0.6) is 5.75 Å². The Labute approximate surface area is 136 Å². The van der Waals surface area contributed by atoms with E-state index in [1.165, 1.54) is 0 Å². The first kappa shape index (κ1) is 14.9. The molecule has 0 radical (unpaired) electrons. The quantitative estimate of drug-likeness (QED) is 0.779. The van der Waals surface area contributed by atoms with Crippen LogP contribution in [0.3, 0.4) is 0 Å². The summed E-state index contributed by atoms with van der Waals surface area (Å²) in [7, 11) is 0. The van der Waals surface area contributed by atoms with Crippen molar-refractivity contribution in [2.24, 2.45) is 0 Å². The van der Waals surface area contributed by atoms with Gasteiger partial charge in [-0.3, -0.25) is 9.20 Å². The number of ether oxygens (including phenoxy) is 1. The van der Waals surface area contributed by atoms with Crippen molar-refractivity contribution in [3.05, 3.63) is 52.8 Å². The summed E-state index contributed by atoms with van der Waals surface area (Å²) in [5.41, 5.74) is 0.815. The molecule has 5 nitrogen and oxygen atoms in total. The van der Waals surface area contributed by atoms with Crippen molar-refractivity contribution in [2.45, 2.75) is 19.6 Å². The number of aromatic nitrogens is 2. The van der Waals surface area contributed by atoms with Gasteiger partial charge < -0.3 is 10.1 Å². The molecule has 2 heterocycles. The van der Waals surface area contributed by atoms with E-state index in [4.69, 9.17) is 16.3 Å². The maximum absolute atomic E-state index is 12.1. The molecule has 7 heteroatoms. The van der Waals surface area contributed by atoms with Crippen LogP contribution in [0.25, 0.3) is 4.96 Å². The number of imidazole rings is 1. The molecule has 1 aromatic carbocycles. The van der Waals surface area contributed by atoms with Gasteiger partial charge in [-0.2, -0.15) is 0 Å². The van der Waals surface area contributed by atoms with E-state index in [-0.39, 0.29) is 5.91 Å². The van der Waals surface area contributed by atoms with E-state index in [0.29, 0.717) is 17.3 Å². The number of benzene rings is 1. The molecule has 2 aromatic heterocycles. The minimum atomic E-state index is -0.609. The minimum absolute atomic E-state index is 0.198. The number of thiazole rings is 1. The molecular formula is C15H14ClN3O2S. The number of amides is 1. The van der Waals surface area contributed by atoms with Gasteiger partial charge in [-0.05, 0) is 25.1 Å². The second-order valence-electron chi connectivity index (χ2n) is 4.76. The fourth-order valence-electron chi connectivity index (χ4n) is 1.98. The van der Waals surface area contributed by atoms with Gasteiger partial charge in [-0.15, -0.1) is 11.3 Å². The van der Waals surface area contributed by atoms with Crippen LogP contribution in [-0.2, 0) is 11.3 Å². The van der Waals surface area contributed by atoms with E-state index in [1.54, 1.807) is 42.5 Å². The summed E-state index contributed by atoms with van der Waals surface area (Å²) >= 11 is 7.44. The molecule has 1 atom stereocenters. The number of carbonyl (C=O) groups excluding carboxylic acids is 1. The lowest BCUT2D eigenvalue weighted by Crippen LogP contribution is -2.35. The lowest BCUT2D eigenvalue weighted by atomic mass is 10.3. The van der Waals surface area contributed by atoms with Crippen molar-refractivity contribution in [3.63, 3.8) is 0 Å². The Morgan fingerprint density at radius 3 is 3.18 bits per heavy atom. The van der Waals surface area contributed by atoms with Crippen LogP contribution in [0.4, 0.5) is 0 Å². The molecule has 0 aliphatic heterocycles. The lowest BCUT2D eigenvalue weighted by molar-refractivity contribution is -0.127. The standard InChI is InChI=1S/C15H14ClN3O2S/c1-10(21-13-4-2-3-11(16)7-13)14(20)17-8-12-9-19-5-6-22-15(19)18-12/h2-7,9-10H,8H2,1H3,(H,17,20). The highest BCUT2D eigenvalue weighted by atomic mass is 35.5. The Hall–Kier alpha value is -2.05. The highest BCUT2D eigenvalue weighted by Crippen LogP contribution is 2.18. The molecular weight excluding hydrogens is 322 g/mol. The predicted octanol–water partition coefficient (Wildman–Crippen LogP) is 3.13. The molecule has 0 aliphatic rings. The third-order valence-corrected chi connectivity index (χ3v) is 4.07. The van der Waals surface area contributed by atoms with Gasteiger partial charge >= 0.3 is 0 Å². The maximum atomic E-state index is 12.1. The largest absolute Gasteiger partial charge is 0.481 e. The number of hydrogen-bond acceptors (Lipinski definition) is 4. The van der Waals surface area contributed by atoms with Crippen molar-refractivity contribution in [3.8, 4) is 5.75 Å². The summed E-state index contributed by atoms with van der Waals surface area (Å²) in [4.78, 5) is 17.4. The Kier molecular flexibility index (Phi) is 4.31. The summed E-state index contributed by atoms with van der Waals surface area (Å²) < 4.78 is 7.50. The molecule has 0 saturated carbocycles. The predicted molar refractivity (Wildman–Crippen MR) is 86.5 cm³/mol. The molecule has 114 valence electrons. The Morgan fingerprint density at radius 2 is 2.41 bits per heavy atom. The van der Waals surface area contributed by atoms with E-state index < -0.39 is 6.10 Å². The van der Waals surface area contributed by atoms with Crippen LogP contribution in [0, 0.1) is 0 Å². The minimum Gasteiger partial charge on any atom is -0.481 e. The average molecular weight is 336 g/mol. The number of nitrogens with one attached hydrogen (secondary N) is 1. The number of carbonyl (C=O) groups is 1. The first-order valence-corrected chi connectivity index (χ1v) is 7.98. The van der Waals surface area contributed by atoms with Crippen molar-refractivity contribution >= 4 is 33.8 Å². The van der Waals surface area contributed by atoms with Crippen LogP contribution in [0.1, 0.15) is 12.6 Å². The Bertz CT molecular complexity index is 770. The summed E-state index contributed by atoms with van der Waals surface area (Å²) in [5.74, 6) is 0.369. The molecule has 3 aromatic rings. The fraction of sp³-hybridized carbons (Fsp3) is 0.200. The first-order valence-electron chi connectivity index (χ1n) is 6.73. The zero-order valence-electron chi connectivity index (χ0n) is 11.8. The average Bonchev–Trinajstić information content (AvgIpc) is 3.05. The number of nitrogens with zero attached hydrogens (tertiary/aromatic N) is 2. The summed E-state index contributed by atoms with van der Waals surface area (Å²) in [6.45, 7) is 2.07. The lowest BCUT2D eigenvalue weighted by Gasteiger charge is -2.14. The SMILES string of the molecule is CC(Oc1cccc(Cl)c1)C(=O)NCc1cn2ccsc2n1. The van der Waals surface area contributed by atoms with Crippen LogP contribution in [0.2, 0.25) is 5.02 Å². The smallest absolute Gasteiger partial charge is 0.261 e. The van der Waals surface area contributed by atoms with E-state index >= 15 is 0 Å². The van der Waals surface area contributed by atoms with Gasteiger partial charge in [0.1, 0.15) is 5.75 Å². The van der Waals surface area contributed by atoms with Gasteiger partial charge in [-0.25, -0.2) is 4.98 Å². The number of rotatable bonds is 5. The van der Waals surface area contributed by atoms with E-state index in [1.807, 2.05) is 22.2 Å². The fourth-order valence-corrected chi connectivity index (χ4v) is 2.88. The highest BCUT2D eigenvalue weighted by Gasteiger charge is 2.15. The summed E-state index contributed by atoms with van der Waals surface area (Å²) in [6.07, 6.45) is 3.22. The summed E-state index contributed by atoms with van der Waals surface area (Å²) in [5, 5.41) is 5.35. The second kappa shape index (κ2) is 6.37. The van der Waals surface area contributed by atoms with Crippen LogP contribution < -0.4 is 10.1 Å². The molecule has 0 fully saturated rings. The molecule has 3 rings (SSSR count). The van der Waals surface area contributed by atoms with Gasteiger partial charge in [0.15, 0.2) is 11.1 Å². The van der Waals surface area contributed by atoms with Crippen LogP contribution in [-0.4, -0.2) is 21.4 Å². The molecule has 22 heavy (non-hydrogen) atoms. The molecule has 1 N–H and O–H groups in total. The molecule has 1 amide bonds. The van der Waals surface area contributed by atoms with Crippen LogP contribution in [0.15, 0.2) is 42.0 Å². The topological polar surface area (TPSA) is 55.6 Å². The number of fused-ring (bicyclic) bond motifs is 1. The maximum Gasteiger partial charge on any atom is 0.261 e. The monoisotopic (exact) mass is 335 g/mol. The van der Waals surface area contributed by atoms with Crippen molar-refractivity contribution < 1.29 is 9.53 Å². The number of halogens is 1. The van der Waals surface area contributed by atoms with Crippen LogP contribution >= 0.6 is 22.9 Å². The third-order valence-electron chi connectivity index (χ3n) is 3.07. The van der Waals surface area contributed by atoms with Crippen molar-refractivity contribution in [1.29, 1.82) is 0 Å². The Morgan fingerprint density at radius 1 is 1.55 bits per heavy atom. The van der Waals surface area contributed by atoms with E-state index in [9.17, 15) is 4.79 Å². The van der Waals surface area contributed by atoms with Crippen molar-refractivity contribution in [2.75, 3.05) is 0 Å². The zero-order valence-corrected chi connectivity index (χ0v) is 13.4. The molecule has 0 spiro atoms.